The van der Waals surface area contributed by atoms with Gasteiger partial charge in [0.05, 0.1) is 34.4 Å². The molecule has 0 amide bonds. The van der Waals surface area contributed by atoms with Crippen molar-refractivity contribution < 1.29 is 14.4 Å². The van der Waals surface area contributed by atoms with Gasteiger partial charge in [-0.3, -0.25) is 10.1 Å². The van der Waals surface area contributed by atoms with Crippen molar-refractivity contribution in [2.75, 3.05) is 32.1 Å². The van der Waals surface area contributed by atoms with E-state index in [0.717, 1.165) is 5.56 Å². The Kier molecular flexibility index (Phi) is 10.2. The van der Waals surface area contributed by atoms with E-state index in [1.807, 2.05) is 19.1 Å². The van der Waals surface area contributed by atoms with E-state index in [4.69, 9.17) is 32.7 Å². The molecule has 0 atom stereocenters. The number of rotatable bonds is 10. The number of benzene rings is 2. The van der Waals surface area contributed by atoms with Crippen LogP contribution in [0.15, 0.2) is 30.3 Å². The molecule has 0 aromatic heterocycles. The summed E-state index contributed by atoms with van der Waals surface area (Å²) in [6, 6.07) is 8.05. The minimum atomic E-state index is -0.478. The minimum absolute atomic E-state index is 0. The van der Waals surface area contributed by atoms with Gasteiger partial charge < -0.3 is 20.1 Å². The van der Waals surface area contributed by atoms with E-state index in [9.17, 15) is 10.1 Å². The SMILES string of the molecule is CCOc1cc(CNCCNc2ccc([N+](=O)[O-])cc2Cl)cc(Cl)c1OC.Cl. The lowest BCUT2D eigenvalue weighted by molar-refractivity contribution is -0.384. The number of methoxy groups -OCH3 is 1. The second-order valence-electron chi connectivity index (χ2n) is 5.57. The maximum absolute atomic E-state index is 10.7. The molecule has 10 heteroatoms. The predicted octanol–water partition coefficient (Wildman–Crippen LogP) is 4.93. The quantitative estimate of drug-likeness (QED) is 0.303. The third-order valence-electron chi connectivity index (χ3n) is 3.68. The summed E-state index contributed by atoms with van der Waals surface area (Å²) < 4.78 is 10.8. The smallest absolute Gasteiger partial charge is 0.271 e. The Morgan fingerprint density at radius 3 is 2.50 bits per heavy atom. The van der Waals surface area contributed by atoms with Crippen molar-refractivity contribution in [2.24, 2.45) is 0 Å². The van der Waals surface area contributed by atoms with Crippen LogP contribution in [0.1, 0.15) is 12.5 Å². The summed E-state index contributed by atoms with van der Waals surface area (Å²) in [5, 5.41) is 18.0. The average molecular weight is 451 g/mol. The molecule has 2 rings (SSSR count). The molecule has 0 saturated heterocycles. The topological polar surface area (TPSA) is 85.7 Å². The summed E-state index contributed by atoms with van der Waals surface area (Å²) in [7, 11) is 1.55. The minimum Gasteiger partial charge on any atom is -0.491 e. The highest BCUT2D eigenvalue weighted by atomic mass is 35.5. The second-order valence-corrected chi connectivity index (χ2v) is 6.38. The van der Waals surface area contributed by atoms with Gasteiger partial charge in [0.15, 0.2) is 11.5 Å². The molecule has 28 heavy (non-hydrogen) atoms. The fraction of sp³-hybridized carbons (Fsp3) is 0.333. The van der Waals surface area contributed by atoms with Crippen LogP contribution < -0.4 is 20.1 Å². The highest BCUT2D eigenvalue weighted by Crippen LogP contribution is 2.36. The molecule has 154 valence electrons. The monoisotopic (exact) mass is 449 g/mol. The summed E-state index contributed by atoms with van der Waals surface area (Å²) in [5.41, 5.74) is 1.58. The van der Waals surface area contributed by atoms with E-state index in [1.165, 1.54) is 12.1 Å². The van der Waals surface area contributed by atoms with E-state index in [0.29, 0.717) is 53.5 Å². The lowest BCUT2D eigenvalue weighted by Gasteiger charge is -2.14. The maximum atomic E-state index is 10.7. The first-order chi connectivity index (χ1) is 13.0. The Balaban J connectivity index is 0.00000392. The van der Waals surface area contributed by atoms with E-state index in [1.54, 1.807) is 13.2 Å². The molecule has 0 fully saturated rings. The Labute approximate surface area is 179 Å². The number of nitrogens with one attached hydrogen (secondary N) is 2. The Bertz CT molecular complexity index is 806. The molecule has 0 aliphatic carbocycles. The molecule has 2 N–H and O–H groups in total. The van der Waals surface area contributed by atoms with Gasteiger partial charge >= 0.3 is 0 Å². The third kappa shape index (κ3) is 6.60. The zero-order valence-corrected chi connectivity index (χ0v) is 17.8. The van der Waals surface area contributed by atoms with E-state index in [-0.39, 0.29) is 18.1 Å². The zero-order chi connectivity index (χ0) is 19.8. The number of hydrogen-bond acceptors (Lipinski definition) is 6. The van der Waals surface area contributed by atoms with Crippen molar-refractivity contribution in [2.45, 2.75) is 13.5 Å². The van der Waals surface area contributed by atoms with Crippen LogP contribution in [0.5, 0.6) is 11.5 Å². The molecular formula is C18H22Cl3N3O4. The van der Waals surface area contributed by atoms with Crippen molar-refractivity contribution in [1.82, 2.24) is 5.32 Å². The number of nitro groups is 1. The Morgan fingerprint density at radius 2 is 1.89 bits per heavy atom. The van der Waals surface area contributed by atoms with Gasteiger partial charge in [-0.15, -0.1) is 12.4 Å². The van der Waals surface area contributed by atoms with Gasteiger partial charge in [-0.1, -0.05) is 23.2 Å². The highest BCUT2D eigenvalue weighted by molar-refractivity contribution is 6.33. The summed E-state index contributed by atoms with van der Waals surface area (Å²) >= 11 is 12.3. The van der Waals surface area contributed by atoms with E-state index in [2.05, 4.69) is 10.6 Å². The van der Waals surface area contributed by atoms with Crippen LogP contribution in [0, 0.1) is 10.1 Å². The van der Waals surface area contributed by atoms with E-state index >= 15 is 0 Å². The lowest BCUT2D eigenvalue weighted by atomic mass is 10.2. The molecule has 7 nitrogen and oxygen atoms in total. The fourth-order valence-corrected chi connectivity index (χ4v) is 3.02. The molecule has 0 spiro atoms. The van der Waals surface area contributed by atoms with Crippen LogP contribution in [-0.2, 0) is 6.54 Å². The predicted molar refractivity (Wildman–Crippen MR) is 115 cm³/mol. The normalized spacial score (nSPS) is 10.1. The number of hydrogen-bond donors (Lipinski definition) is 2. The van der Waals surface area contributed by atoms with Crippen molar-refractivity contribution in [3.63, 3.8) is 0 Å². The van der Waals surface area contributed by atoms with Crippen LogP contribution in [0.2, 0.25) is 10.0 Å². The summed E-state index contributed by atoms with van der Waals surface area (Å²) in [6.45, 7) is 4.26. The van der Waals surface area contributed by atoms with Gasteiger partial charge in [0.1, 0.15) is 0 Å². The second kappa shape index (κ2) is 11.8. The summed E-state index contributed by atoms with van der Waals surface area (Å²) in [6.07, 6.45) is 0. The maximum Gasteiger partial charge on any atom is 0.271 e. The van der Waals surface area contributed by atoms with Gasteiger partial charge in [-0.05, 0) is 30.7 Å². The molecule has 2 aromatic rings. The molecule has 0 aliphatic rings. The largest absolute Gasteiger partial charge is 0.491 e. The van der Waals surface area contributed by atoms with Crippen molar-refractivity contribution in [3.8, 4) is 11.5 Å². The molecule has 0 unspecified atom stereocenters. The molecule has 0 bridgehead atoms. The standard InChI is InChI=1S/C18H21Cl2N3O4.ClH/c1-3-27-17-9-12(8-15(20)18(17)26-2)11-21-6-7-22-16-5-4-13(23(24)25)10-14(16)19;/h4-5,8-10,21-22H,3,6-7,11H2,1-2H3;1H. The van der Waals surface area contributed by atoms with Crippen LogP contribution >= 0.6 is 35.6 Å². The first-order valence-corrected chi connectivity index (χ1v) is 9.09. The van der Waals surface area contributed by atoms with E-state index < -0.39 is 4.92 Å². The lowest BCUT2D eigenvalue weighted by Crippen LogP contribution is -2.22. The molecule has 2 aromatic carbocycles. The first kappa shape index (κ1) is 24.1. The van der Waals surface area contributed by atoms with Crippen molar-refractivity contribution in [3.05, 3.63) is 56.1 Å². The van der Waals surface area contributed by atoms with Crippen molar-refractivity contribution in [1.29, 1.82) is 0 Å². The van der Waals surface area contributed by atoms with Gasteiger partial charge in [-0.25, -0.2) is 0 Å². The summed E-state index contributed by atoms with van der Waals surface area (Å²) in [5.74, 6) is 1.14. The molecule has 0 aliphatic heterocycles. The van der Waals surface area contributed by atoms with Gasteiger partial charge in [0.25, 0.3) is 5.69 Å². The van der Waals surface area contributed by atoms with Crippen LogP contribution in [0.25, 0.3) is 0 Å². The number of non-ortho nitro benzene ring substituents is 1. The number of anilines is 1. The van der Waals surface area contributed by atoms with Gasteiger partial charge in [-0.2, -0.15) is 0 Å². The molecule has 0 radical (unpaired) electrons. The Morgan fingerprint density at radius 1 is 1.14 bits per heavy atom. The number of nitro benzene ring substituents is 1. The van der Waals surface area contributed by atoms with Crippen LogP contribution in [-0.4, -0.2) is 31.7 Å². The van der Waals surface area contributed by atoms with Crippen LogP contribution in [0.4, 0.5) is 11.4 Å². The molecular weight excluding hydrogens is 429 g/mol. The number of ether oxygens (including phenoxy) is 2. The molecule has 0 saturated carbocycles. The summed E-state index contributed by atoms with van der Waals surface area (Å²) in [4.78, 5) is 10.2. The zero-order valence-electron chi connectivity index (χ0n) is 15.5. The highest BCUT2D eigenvalue weighted by Gasteiger charge is 2.11. The average Bonchev–Trinajstić information content (AvgIpc) is 2.62. The van der Waals surface area contributed by atoms with Gasteiger partial charge in [0, 0.05) is 31.8 Å². The molecule has 0 heterocycles. The number of nitrogens with zero attached hydrogens (tertiary/aromatic N) is 1. The first-order valence-electron chi connectivity index (χ1n) is 8.34. The number of halogens is 3. The Hall–Kier alpha value is -1.93. The third-order valence-corrected chi connectivity index (χ3v) is 4.28. The van der Waals surface area contributed by atoms with Crippen LogP contribution in [0.3, 0.4) is 0 Å². The fourth-order valence-electron chi connectivity index (χ4n) is 2.46. The van der Waals surface area contributed by atoms with Gasteiger partial charge in [0.2, 0.25) is 0 Å². The van der Waals surface area contributed by atoms with Crippen molar-refractivity contribution >= 4 is 47.0 Å².